The molecule has 2 aromatic rings. The van der Waals surface area contributed by atoms with Gasteiger partial charge in [0.15, 0.2) is 0 Å². The van der Waals surface area contributed by atoms with E-state index in [0.29, 0.717) is 35.1 Å². The highest BCUT2D eigenvalue weighted by Gasteiger charge is 2.29. The van der Waals surface area contributed by atoms with Crippen LogP contribution in [0.15, 0.2) is 48.5 Å². The van der Waals surface area contributed by atoms with E-state index in [2.05, 4.69) is 12.2 Å². The Hall–Kier alpha value is -2.04. The highest BCUT2D eigenvalue weighted by molar-refractivity contribution is 6.36. The molecular weight excluding hydrogens is 407 g/mol. The van der Waals surface area contributed by atoms with E-state index in [1.54, 1.807) is 23.1 Å². The SMILES string of the molecule is CCCCNC(=O)[C@H](CC)N(Cc1ccccc1)C(=O)Cc1c(Cl)cccc1Cl. The van der Waals surface area contributed by atoms with Crippen LogP contribution in [0, 0.1) is 0 Å². The normalized spacial score (nSPS) is 11.7. The minimum atomic E-state index is -0.555. The molecule has 2 amide bonds. The molecule has 2 aromatic carbocycles. The van der Waals surface area contributed by atoms with Gasteiger partial charge in [-0.05, 0) is 36.1 Å². The third-order valence-electron chi connectivity index (χ3n) is 4.80. The van der Waals surface area contributed by atoms with Crippen molar-refractivity contribution in [2.75, 3.05) is 6.54 Å². The summed E-state index contributed by atoms with van der Waals surface area (Å²) in [6, 6.07) is 14.3. The second-order valence-electron chi connectivity index (χ2n) is 6.95. The smallest absolute Gasteiger partial charge is 0.242 e. The number of carbonyl (C=O) groups excluding carboxylic acids is 2. The lowest BCUT2D eigenvalue weighted by Crippen LogP contribution is -2.49. The number of nitrogens with one attached hydrogen (secondary N) is 1. The van der Waals surface area contributed by atoms with Crippen molar-refractivity contribution in [3.05, 3.63) is 69.7 Å². The fraction of sp³-hybridized carbons (Fsp3) is 0.391. The maximum absolute atomic E-state index is 13.3. The highest BCUT2D eigenvalue weighted by Crippen LogP contribution is 2.26. The molecule has 0 radical (unpaired) electrons. The molecule has 1 atom stereocenters. The van der Waals surface area contributed by atoms with Crippen LogP contribution in [-0.4, -0.2) is 29.3 Å². The average Bonchev–Trinajstić information content (AvgIpc) is 2.71. The van der Waals surface area contributed by atoms with Gasteiger partial charge in [-0.25, -0.2) is 0 Å². The molecule has 0 bridgehead atoms. The molecule has 29 heavy (non-hydrogen) atoms. The van der Waals surface area contributed by atoms with Gasteiger partial charge in [0.25, 0.3) is 0 Å². The molecule has 0 aliphatic heterocycles. The number of unbranched alkanes of at least 4 members (excludes halogenated alkanes) is 1. The molecule has 6 heteroatoms. The molecule has 4 nitrogen and oxygen atoms in total. The van der Waals surface area contributed by atoms with E-state index in [9.17, 15) is 9.59 Å². The number of amides is 2. The molecule has 0 aliphatic carbocycles. The van der Waals surface area contributed by atoms with Crippen LogP contribution >= 0.6 is 23.2 Å². The summed E-state index contributed by atoms with van der Waals surface area (Å²) in [6.07, 6.45) is 2.47. The monoisotopic (exact) mass is 434 g/mol. The van der Waals surface area contributed by atoms with Crippen molar-refractivity contribution in [3.8, 4) is 0 Å². The van der Waals surface area contributed by atoms with Gasteiger partial charge >= 0.3 is 0 Å². The molecule has 0 spiro atoms. The number of hydrogen-bond acceptors (Lipinski definition) is 2. The number of carbonyl (C=O) groups is 2. The second-order valence-corrected chi connectivity index (χ2v) is 7.77. The number of halogens is 2. The van der Waals surface area contributed by atoms with Crippen molar-refractivity contribution in [2.45, 2.75) is 52.1 Å². The second kappa shape index (κ2) is 11.8. The van der Waals surface area contributed by atoms with Gasteiger partial charge in [-0.15, -0.1) is 0 Å². The third-order valence-corrected chi connectivity index (χ3v) is 5.51. The molecule has 0 fully saturated rings. The zero-order chi connectivity index (χ0) is 21.2. The van der Waals surface area contributed by atoms with Crippen molar-refractivity contribution in [1.29, 1.82) is 0 Å². The fourth-order valence-electron chi connectivity index (χ4n) is 3.16. The van der Waals surface area contributed by atoms with Crippen molar-refractivity contribution in [3.63, 3.8) is 0 Å². The van der Waals surface area contributed by atoms with Crippen LogP contribution < -0.4 is 5.32 Å². The van der Waals surface area contributed by atoms with E-state index >= 15 is 0 Å². The molecule has 0 heterocycles. The van der Waals surface area contributed by atoms with E-state index in [1.165, 1.54) is 0 Å². The fourth-order valence-corrected chi connectivity index (χ4v) is 3.69. The predicted molar refractivity (Wildman–Crippen MR) is 119 cm³/mol. The summed E-state index contributed by atoms with van der Waals surface area (Å²) in [5, 5.41) is 3.86. The van der Waals surface area contributed by atoms with Crippen LogP contribution in [0.4, 0.5) is 0 Å². The van der Waals surface area contributed by atoms with Crippen molar-refractivity contribution < 1.29 is 9.59 Å². The van der Waals surface area contributed by atoms with Gasteiger partial charge in [-0.1, -0.05) is 79.9 Å². The van der Waals surface area contributed by atoms with Gasteiger partial charge in [-0.2, -0.15) is 0 Å². The Balaban J connectivity index is 2.27. The Morgan fingerprint density at radius 1 is 1.00 bits per heavy atom. The lowest BCUT2D eigenvalue weighted by molar-refractivity contribution is -0.140. The van der Waals surface area contributed by atoms with Crippen LogP contribution in [0.5, 0.6) is 0 Å². The van der Waals surface area contributed by atoms with E-state index in [0.717, 1.165) is 18.4 Å². The zero-order valence-electron chi connectivity index (χ0n) is 17.0. The van der Waals surface area contributed by atoms with Crippen LogP contribution in [0.1, 0.15) is 44.2 Å². The highest BCUT2D eigenvalue weighted by atomic mass is 35.5. The molecule has 0 aliphatic rings. The maximum atomic E-state index is 13.3. The summed E-state index contributed by atoms with van der Waals surface area (Å²) in [4.78, 5) is 27.7. The lowest BCUT2D eigenvalue weighted by Gasteiger charge is -2.31. The molecule has 0 aromatic heterocycles. The Bertz CT molecular complexity index is 792. The predicted octanol–water partition coefficient (Wildman–Crippen LogP) is 5.26. The lowest BCUT2D eigenvalue weighted by atomic mass is 10.1. The molecule has 156 valence electrons. The first kappa shape index (κ1) is 23.2. The Morgan fingerprint density at radius 2 is 1.66 bits per heavy atom. The average molecular weight is 435 g/mol. The van der Waals surface area contributed by atoms with Gasteiger partial charge < -0.3 is 10.2 Å². The number of hydrogen-bond donors (Lipinski definition) is 1. The first-order valence-corrected chi connectivity index (χ1v) is 10.8. The first-order chi connectivity index (χ1) is 14.0. The summed E-state index contributed by atoms with van der Waals surface area (Å²) in [5.74, 6) is -0.308. The maximum Gasteiger partial charge on any atom is 0.242 e. The molecular formula is C23H28Cl2N2O2. The molecule has 1 N–H and O–H groups in total. The quantitative estimate of drug-likeness (QED) is 0.518. The van der Waals surface area contributed by atoms with Gasteiger partial charge in [0.2, 0.25) is 11.8 Å². The van der Waals surface area contributed by atoms with E-state index in [-0.39, 0.29) is 18.2 Å². The van der Waals surface area contributed by atoms with Crippen LogP contribution in [-0.2, 0) is 22.6 Å². The topological polar surface area (TPSA) is 49.4 Å². The van der Waals surface area contributed by atoms with Crippen molar-refractivity contribution >= 4 is 35.0 Å². The summed E-state index contributed by atoms with van der Waals surface area (Å²) >= 11 is 12.5. The largest absolute Gasteiger partial charge is 0.354 e. The van der Waals surface area contributed by atoms with E-state index in [4.69, 9.17) is 23.2 Å². The zero-order valence-corrected chi connectivity index (χ0v) is 18.5. The molecule has 0 saturated heterocycles. The Morgan fingerprint density at radius 3 is 2.24 bits per heavy atom. The van der Waals surface area contributed by atoms with Crippen molar-refractivity contribution in [2.24, 2.45) is 0 Å². The minimum Gasteiger partial charge on any atom is -0.354 e. The number of nitrogens with zero attached hydrogens (tertiary/aromatic N) is 1. The standard InChI is InChI=1S/C23H28Cl2N2O2/c1-3-5-14-26-23(29)21(4-2)27(16-17-10-7-6-8-11-17)22(28)15-18-19(24)12-9-13-20(18)25/h6-13,21H,3-5,14-16H2,1-2H3,(H,26,29)/t21-/m0/s1. The number of rotatable bonds is 10. The summed E-state index contributed by atoms with van der Waals surface area (Å²) in [7, 11) is 0. The van der Waals surface area contributed by atoms with Crippen LogP contribution in [0.3, 0.4) is 0 Å². The van der Waals surface area contributed by atoms with Gasteiger partial charge in [0.1, 0.15) is 6.04 Å². The Kier molecular flexibility index (Phi) is 9.49. The number of benzene rings is 2. The van der Waals surface area contributed by atoms with E-state index in [1.807, 2.05) is 37.3 Å². The summed E-state index contributed by atoms with van der Waals surface area (Å²) in [5.41, 5.74) is 1.55. The summed E-state index contributed by atoms with van der Waals surface area (Å²) < 4.78 is 0. The van der Waals surface area contributed by atoms with Crippen LogP contribution in [0.2, 0.25) is 10.0 Å². The molecule has 0 saturated carbocycles. The van der Waals surface area contributed by atoms with Gasteiger partial charge in [-0.3, -0.25) is 9.59 Å². The Labute approximate surface area is 183 Å². The first-order valence-electron chi connectivity index (χ1n) is 10.0. The minimum absolute atomic E-state index is 0.0457. The van der Waals surface area contributed by atoms with Gasteiger partial charge in [0, 0.05) is 23.1 Å². The molecule has 2 rings (SSSR count). The van der Waals surface area contributed by atoms with Crippen molar-refractivity contribution in [1.82, 2.24) is 10.2 Å². The van der Waals surface area contributed by atoms with E-state index < -0.39 is 6.04 Å². The summed E-state index contributed by atoms with van der Waals surface area (Å²) in [6.45, 7) is 4.94. The molecule has 0 unspecified atom stereocenters. The third kappa shape index (κ3) is 6.76. The van der Waals surface area contributed by atoms with Gasteiger partial charge in [0.05, 0.1) is 6.42 Å². The van der Waals surface area contributed by atoms with Crippen LogP contribution in [0.25, 0.3) is 0 Å².